The Balaban J connectivity index is 2.01. The van der Waals surface area contributed by atoms with E-state index in [0.717, 1.165) is 40.7 Å². The predicted molar refractivity (Wildman–Crippen MR) is 118 cm³/mol. The Hall–Kier alpha value is -2.97. The highest BCUT2D eigenvalue weighted by molar-refractivity contribution is 5.74. The molecule has 0 spiro atoms. The largest absolute Gasteiger partial charge is 0.330 e. The second-order valence-electron chi connectivity index (χ2n) is 6.91. The van der Waals surface area contributed by atoms with Gasteiger partial charge in [0.05, 0.1) is 0 Å². The summed E-state index contributed by atoms with van der Waals surface area (Å²) < 4.78 is 15.0. The molecule has 0 aliphatic heterocycles. The smallest absolute Gasteiger partial charge is 0.131 e. The minimum absolute atomic E-state index is 0.220. The van der Waals surface area contributed by atoms with E-state index >= 15 is 4.39 Å². The number of hydrogen-bond acceptors (Lipinski definition) is 1. The number of hydrogen-bond donors (Lipinski definition) is 1. The van der Waals surface area contributed by atoms with Gasteiger partial charge in [-0.15, -0.1) is 13.2 Å². The third-order valence-electron chi connectivity index (χ3n) is 4.90. The van der Waals surface area contributed by atoms with Crippen LogP contribution in [0.4, 0.5) is 4.39 Å². The molecule has 0 amide bonds. The summed E-state index contributed by atoms with van der Waals surface area (Å²) in [6.07, 6.45) is 6.08. The van der Waals surface area contributed by atoms with Crippen LogP contribution in [0, 0.1) is 5.82 Å². The summed E-state index contributed by atoms with van der Waals surface area (Å²) in [6, 6.07) is 19.8. The highest BCUT2D eigenvalue weighted by Crippen LogP contribution is 2.32. The van der Waals surface area contributed by atoms with Crippen LogP contribution in [0.1, 0.15) is 16.7 Å². The van der Waals surface area contributed by atoms with Crippen molar-refractivity contribution < 1.29 is 4.39 Å². The molecule has 0 radical (unpaired) electrons. The van der Waals surface area contributed by atoms with Crippen molar-refractivity contribution in [1.29, 1.82) is 0 Å². The summed E-state index contributed by atoms with van der Waals surface area (Å²) in [6.45, 7) is 8.05. The Morgan fingerprint density at radius 2 is 1.25 bits per heavy atom. The van der Waals surface area contributed by atoms with Crippen LogP contribution in [-0.2, 0) is 19.3 Å². The summed E-state index contributed by atoms with van der Waals surface area (Å²) in [5.41, 5.74) is 12.6. The Kier molecular flexibility index (Phi) is 6.57. The van der Waals surface area contributed by atoms with Crippen molar-refractivity contribution in [3.63, 3.8) is 0 Å². The van der Waals surface area contributed by atoms with E-state index in [1.54, 1.807) is 6.07 Å². The van der Waals surface area contributed by atoms with Crippen LogP contribution in [0.15, 0.2) is 86.0 Å². The number of halogens is 1. The maximum atomic E-state index is 15.0. The molecule has 0 aromatic heterocycles. The molecule has 2 N–H and O–H groups in total. The summed E-state index contributed by atoms with van der Waals surface area (Å²) in [4.78, 5) is 0. The van der Waals surface area contributed by atoms with Gasteiger partial charge < -0.3 is 5.73 Å². The molecule has 0 bridgehead atoms. The summed E-state index contributed by atoms with van der Waals surface area (Å²) in [5.74, 6) is -0.220. The summed E-state index contributed by atoms with van der Waals surface area (Å²) in [7, 11) is 0. The van der Waals surface area contributed by atoms with Gasteiger partial charge in [-0.3, -0.25) is 0 Å². The number of rotatable bonds is 8. The van der Waals surface area contributed by atoms with E-state index in [-0.39, 0.29) is 5.82 Å². The van der Waals surface area contributed by atoms with Gasteiger partial charge in [0.1, 0.15) is 5.82 Å². The van der Waals surface area contributed by atoms with Crippen molar-refractivity contribution in [2.24, 2.45) is 5.73 Å². The first-order valence-corrected chi connectivity index (χ1v) is 9.59. The minimum Gasteiger partial charge on any atom is -0.330 e. The average molecular weight is 371 g/mol. The topological polar surface area (TPSA) is 26.0 Å². The lowest BCUT2D eigenvalue weighted by molar-refractivity contribution is 0.631. The third-order valence-corrected chi connectivity index (χ3v) is 4.90. The first-order valence-electron chi connectivity index (χ1n) is 9.59. The molecule has 0 heterocycles. The van der Waals surface area contributed by atoms with E-state index in [4.69, 9.17) is 5.73 Å². The van der Waals surface area contributed by atoms with Crippen LogP contribution in [0.2, 0.25) is 0 Å². The van der Waals surface area contributed by atoms with Crippen molar-refractivity contribution in [2.45, 2.75) is 19.3 Å². The fourth-order valence-electron chi connectivity index (χ4n) is 3.44. The lowest BCUT2D eigenvalue weighted by Gasteiger charge is -2.14. The van der Waals surface area contributed by atoms with Gasteiger partial charge in [-0.05, 0) is 71.3 Å². The van der Waals surface area contributed by atoms with Gasteiger partial charge in [0.15, 0.2) is 0 Å². The van der Waals surface area contributed by atoms with E-state index in [1.807, 2.05) is 54.6 Å². The van der Waals surface area contributed by atoms with Crippen LogP contribution >= 0.6 is 0 Å². The highest BCUT2D eigenvalue weighted by Gasteiger charge is 2.13. The van der Waals surface area contributed by atoms with E-state index in [2.05, 4.69) is 25.3 Å². The molecular formula is C26H26FN. The van der Waals surface area contributed by atoms with Crippen LogP contribution in [0.25, 0.3) is 22.3 Å². The number of allylic oxidation sites excluding steroid dienone is 2. The number of benzene rings is 3. The lowest BCUT2D eigenvalue weighted by atomic mass is 9.92. The van der Waals surface area contributed by atoms with Gasteiger partial charge in [0.2, 0.25) is 0 Å². The van der Waals surface area contributed by atoms with Gasteiger partial charge in [-0.25, -0.2) is 4.39 Å². The van der Waals surface area contributed by atoms with Gasteiger partial charge in [-0.2, -0.15) is 0 Å². The SMILES string of the molecule is C=CCc1ccc(-c2cc(CCN)c(-c3ccc(CC=C)cc3)cc2F)cc1. The highest BCUT2D eigenvalue weighted by atomic mass is 19.1. The zero-order valence-corrected chi connectivity index (χ0v) is 16.1. The standard InChI is InChI=1S/C26H26FN/c1-3-5-19-7-11-21(12-8-19)24-18-26(27)25(17-23(24)15-16-28)22-13-9-20(6-4-2)10-14-22/h3-4,7-14,17-18H,1-2,5-6,15-16,28H2. The van der Waals surface area contributed by atoms with Crippen molar-refractivity contribution in [2.75, 3.05) is 6.54 Å². The molecule has 3 rings (SSSR count). The maximum Gasteiger partial charge on any atom is 0.131 e. The van der Waals surface area contributed by atoms with Crippen molar-refractivity contribution >= 4 is 0 Å². The summed E-state index contributed by atoms with van der Waals surface area (Å²) in [5, 5.41) is 0. The Bertz CT molecular complexity index is 953. The van der Waals surface area contributed by atoms with Crippen LogP contribution < -0.4 is 5.73 Å². The Morgan fingerprint density at radius 3 is 1.71 bits per heavy atom. The molecule has 0 unspecified atom stereocenters. The fraction of sp³-hybridized carbons (Fsp3) is 0.154. The molecule has 0 fully saturated rings. The monoisotopic (exact) mass is 371 g/mol. The quantitative estimate of drug-likeness (QED) is 0.474. The molecule has 0 aliphatic rings. The predicted octanol–water partition coefficient (Wildman–Crippen LogP) is 6.12. The second-order valence-corrected chi connectivity index (χ2v) is 6.91. The molecule has 2 heteroatoms. The maximum absolute atomic E-state index is 15.0. The van der Waals surface area contributed by atoms with Gasteiger partial charge >= 0.3 is 0 Å². The van der Waals surface area contributed by atoms with Crippen LogP contribution in [0.5, 0.6) is 0 Å². The van der Waals surface area contributed by atoms with E-state index in [1.165, 1.54) is 5.56 Å². The van der Waals surface area contributed by atoms with Gasteiger partial charge in [0, 0.05) is 5.56 Å². The summed E-state index contributed by atoms with van der Waals surface area (Å²) >= 11 is 0. The van der Waals surface area contributed by atoms with Crippen LogP contribution in [0.3, 0.4) is 0 Å². The first-order chi connectivity index (χ1) is 13.7. The molecule has 1 nitrogen and oxygen atoms in total. The average Bonchev–Trinajstić information content (AvgIpc) is 2.71. The van der Waals surface area contributed by atoms with Gasteiger partial charge in [0.25, 0.3) is 0 Å². The van der Waals surface area contributed by atoms with E-state index in [0.29, 0.717) is 18.5 Å². The zero-order valence-electron chi connectivity index (χ0n) is 16.1. The molecular weight excluding hydrogens is 345 g/mol. The van der Waals surface area contributed by atoms with E-state index < -0.39 is 0 Å². The molecule has 0 aliphatic carbocycles. The minimum atomic E-state index is -0.220. The molecule has 28 heavy (non-hydrogen) atoms. The molecule has 0 saturated heterocycles. The fourth-order valence-corrected chi connectivity index (χ4v) is 3.44. The van der Waals surface area contributed by atoms with Crippen molar-refractivity contribution in [1.82, 2.24) is 0 Å². The first kappa shape index (κ1) is 19.8. The normalized spacial score (nSPS) is 10.6. The van der Waals surface area contributed by atoms with Crippen LogP contribution in [-0.4, -0.2) is 6.54 Å². The third kappa shape index (κ3) is 4.47. The Labute approximate surface area is 167 Å². The van der Waals surface area contributed by atoms with Gasteiger partial charge in [-0.1, -0.05) is 60.7 Å². The molecule has 142 valence electrons. The molecule has 3 aromatic rings. The van der Waals surface area contributed by atoms with E-state index in [9.17, 15) is 0 Å². The molecule has 0 saturated carbocycles. The lowest BCUT2D eigenvalue weighted by Crippen LogP contribution is -2.05. The number of nitrogens with two attached hydrogens (primary N) is 1. The molecule has 3 aromatic carbocycles. The van der Waals surface area contributed by atoms with Crippen molar-refractivity contribution in [3.8, 4) is 22.3 Å². The zero-order chi connectivity index (χ0) is 19.9. The van der Waals surface area contributed by atoms with Crippen molar-refractivity contribution in [3.05, 3.63) is 108 Å². The second kappa shape index (κ2) is 9.29. The Morgan fingerprint density at radius 1 is 0.750 bits per heavy atom. The molecule has 0 atom stereocenters.